The van der Waals surface area contributed by atoms with Crippen LogP contribution in [0.5, 0.6) is 0 Å². The SMILES string of the molecule is CC1OCCC1(C)n1c(N)nc2ccc(F)c(F)c21. The molecular weight excluding hydrogens is 252 g/mol. The van der Waals surface area contributed by atoms with E-state index in [1.165, 1.54) is 6.07 Å². The van der Waals surface area contributed by atoms with Crippen LogP contribution in [0, 0.1) is 11.6 Å². The highest BCUT2D eigenvalue weighted by Crippen LogP contribution is 2.38. The van der Waals surface area contributed by atoms with Crippen molar-refractivity contribution in [1.82, 2.24) is 9.55 Å². The van der Waals surface area contributed by atoms with Crippen molar-refractivity contribution in [2.75, 3.05) is 12.3 Å². The molecule has 1 aromatic carbocycles. The third kappa shape index (κ3) is 1.56. The van der Waals surface area contributed by atoms with Crippen molar-refractivity contribution in [1.29, 1.82) is 0 Å². The Morgan fingerprint density at radius 3 is 2.84 bits per heavy atom. The zero-order valence-corrected chi connectivity index (χ0v) is 10.8. The van der Waals surface area contributed by atoms with E-state index < -0.39 is 17.2 Å². The molecule has 2 atom stereocenters. The summed E-state index contributed by atoms with van der Waals surface area (Å²) in [5, 5.41) is 0. The summed E-state index contributed by atoms with van der Waals surface area (Å²) >= 11 is 0. The summed E-state index contributed by atoms with van der Waals surface area (Å²) in [4.78, 5) is 4.12. The van der Waals surface area contributed by atoms with Gasteiger partial charge in [0.25, 0.3) is 0 Å². The van der Waals surface area contributed by atoms with E-state index in [0.717, 1.165) is 6.07 Å². The molecule has 0 amide bonds. The molecule has 2 aromatic rings. The van der Waals surface area contributed by atoms with Gasteiger partial charge in [0.15, 0.2) is 11.6 Å². The first kappa shape index (κ1) is 12.3. The van der Waals surface area contributed by atoms with Crippen molar-refractivity contribution in [3.05, 3.63) is 23.8 Å². The van der Waals surface area contributed by atoms with Crippen LogP contribution in [-0.4, -0.2) is 22.3 Å². The van der Waals surface area contributed by atoms with Crippen molar-refractivity contribution < 1.29 is 13.5 Å². The van der Waals surface area contributed by atoms with Gasteiger partial charge in [-0.05, 0) is 32.4 Å². The molecule has 2 heterocycles. The third-order valence-electron chi connectivity index (χ3n) is 4.10. The first-order valence-electron chi connectivity index (χ1n) is 6.19. The van der Waals surface area contributed by atoms with Crippen LogP contribution in [0.1, 0.15) is 20.3 Å². The minimum atomic E-state index is -0.915. The van der Waals surface area contributed by atoms with Gasteiger partial charge in [0.05, 0.1) is 17.2 Å². The predicted octanol–water partition coefficient (Wildman–Crippen LogP) is 2.42. The summed E-state index contributed by atoms with van der Waals surface area (Å²) in [5.74, 6) is -1.63. The Morgan fingerprint density at radius 1 is 1.47 bits per heavy atom. The van der Waals surface area contributed by atoms with Gasteiger partial charge in [-0.25, -0.2) is 13.8 Å². The smallest absolute Gasteiger partial charge is 0.201 e. The minimum absolute atomic E-state index is 0.109. The second-order valence-corrected chi connectivity index (χ2v) is 5.15. The maximum Gasteiger partial charge on any atom is 0.201 e. The maximum absolute atomic E-state index is 14.1. The second kappa shape index (κ2) is 3.90. The Balaban J connectivity index is 2.34. The number of aromatic nitrogens is 2. The van der Waals surface area contributed by atoms with Gasteiger partial charge in [-0.15, -0.1) is 0 Å². The molecule has 2 N–H and O–H groups in total. The summed E-state index contributed by atoms with van der Waals surface area (Å²) in [7, 11) is 0. The largest absolute Gasteiger partial charge is 0.376 e. The van der Waals surface area contributed by atoms with E-state index in [-0.39, 0.29) is 17.6 Å². The number of benzene rings is 1. The quantitative estimate of drug-likeness (QED) is 0.863. The van der Waals surface area contributed by atoms with Gasteiger partial charge in [0, 0.05) is 6.61 Å². The van der Waals surface area contributed by atoms with Crippen LogP contribution in [0.25, 0.3) is 11.0 Å². The number of nitrogens with zero attached hydrogens (tertiary/aromatic N) is 2. The summed E-state index contributed by atoms with van der Waals surface area (Å²) in [6.45, 7) is 4.38. The molecule has 1 aliphatic rings. The van der Waals surface area contributed by atoms with Crippen molar-refractivity contribution in [2.45, 2.75) is 31.9 Å². The number of nitrogen functional groups attached to an aromatic ring is 1. The zero-order valence-electron chi connectivity index (χ0n) is 10.8. The van der Waals surface area contributed by atoms with Crippen LogP contribution in [0.4, 0.5) is 14.7 Å². The Labute approximate surface area is 109 Å². The number of hydrogen-bond donors (Lipinski definition) is 1. The summed E-state index contributed by atoms with van der Waals surface area (Å²) < 4.78 is 34.7. The molecular formula is C13H15F2N3O. The van der Waals surface area contributed by atoms with Gasteiger partial charge in [-0.1, -0.05) is 0 Å². The number of hydrogen-bond acceptors (Lipinski definition) is 3. The first-order chi connectivity index (χ1) is 8.95. The molecule has 0 bridgehead atoms. The Hall–Kier alpha value is -1.69. The van der Waals surface area contributed by atoms with E-state index in [1.807, 2.05) is 13.8 Å². The fraction of sp³-hybridized carbons (Fsp3) is 0.462. The molecule has 1 fully saturated rings. The lowest BCUT2D eigenvalue weighted by molar-refractivity contribution is 0.0781. The van der Waals surface area contributed by atoms with Crippen LogP contribution in [0.15, 0.2) is 12.1 Å². The number of fused-ring (bicyclic) bond motifs is 1. The molecule has 3 rings (SSSR count). The lowest BCUT2D eigenvalue weighted by Gasteiger charge is -2.31. The monoisotopic (exact) mass is 267 g/mol. The molecule has 6 heteroatoms. The topological polar surface area (TPSA) is 53.1 Å². The standard InChI is InChI=1S/C13H15F2N3O/c1-7-13(2,5-6-19-7)18-11-9(17-12(18)16)4-3-8(14)10(11)15/h3-4,7H,5-6H2,1-2H3,(H2,16,17). The van der Waals surface area contributed by atoms with Crippen molar-refractivity contribution in [2.24, 2.45) is 0 Å². The average Bonchev–Trinajstić information content (AvgIpc) is 2.86. The predicted molar refractivity (Wildman–Crippen MR) is 67.7 cm³/mol. The number of nitrogens with two attached hydrogens (primary N) is 1. The molecule has 19 heavy (non-hydrogen) atoms. The van der Waals surface area contributed by atoms with E-state index >= 15 is 0 Å². The van der Waals surface area contributed by atoms with Crippen molar-refractivity contribution in [3.8, 4) is 0 Å². The van der Waals surface area contributed by atoms with Crippen LogP contribution < -0.4 is 5.73 Å². The molecule has 4 nitrogen and oxygen atoms in total. The molecule has 0 saturated carbocycles. The maximum atomic E-state index is 14.1. The van der Waals surface area contributed by atoms with Crippen LogP contribution in [0.3, 0.4) is 0 Å². The van der Waals surface area contributed by atoms with E-state index in [9.17, 15) is 8.78 Å². The van der Waals surface area contributed by atoms with E-state index in [1.54, 1.807) is 4.57 Å². The Morgan fingerprint density at radius 2 is 2.21 bits per heavy atom. The van der Waals surface area contributed by atoms with Gasteiger partial charge in [-0.3, -0.25) is 4.57 Å². The first-order valence-corrected chi connectivity index (χ1v) is 6.19. The van der Waals surface area contributed by atoms with Crippen LogP contribution >= 0.6 is 0 Å². The van der Waals surface area contributed by atoms with Crippen molar-refractivity contribution >= 4 is 17.0 Å². The summed E-state index contributed by atoms with van der Waals surface area (Å²) in [5.41, 5.74) is 5.85. The van der Waals surface area contributed by atoms with Gasteiger partial charge in [0.2, 0.25) is 5.95 Å². The molecule has 1 aliphatic heterocycles. The summed E-state index contributed by atoms with van der Waals surface area (Å²) in [6, 6.07) is 2.50. The molecule has 2 unspecified atom stereocenters. The lowest BCUT2D eigenvalue weighted by Crippen LogP contribution is -2.37. The molecule has 0 radical (unpaired) electrons. The molecule has 0 spiro atoms. The van der Waals surface area contributed by atoms with Gasteiger partial charge >= 0.3 is 0 Å². The van der Waals surface area contributed by atoms with E-state index in [2.05, 4.69) is 4.98 Å². The van der Waals surface area contributed by atoms with Gasteiger partial charge in [-0.2, -0.15) is 0 Å². The Kier molecular flexibility index (Phi) is 2.53. The third-order valence-corrected chi connectivity index (χ3v) is 4.10. The molecule has 0 aliphatic carbocycles. The minimum Gasteiger partial charge on any atom is -0.376 e. The Bertz CT molecular complexity index is 655. The van der Waals surface area contributed by atoms with Crippen molar-refractivity contribution in [3.63, 3.8) is 0 Å². The number of ether oxygens (including phenoxy) is 1. The zero-order chi connectivity index (χ0) is 13.8. The normalized spacial score (nSPS) is 27.3. The average molecular weight is 267 g/mol. The lowest BCUT2D eigenvalue weighted by atomic mass is 9.94. The molecule has 1 aromatic heterocycles. The highest BCUT2D eigenvalue weighted by molar-refractivity contribution is 5.79. The number of rotatable bonds is 1. The second-order valence-electron chi connectivity index (χ2n) is 5.15. The van der Waals surface area contributed by atoms with Gasteiger partial charge < -0.3 is 10.5 Å². The number of imidazole rings is 1. The highest BCUT2D eigenvalue weighted by atomic mass is 19.2. The molecule has 1 saturated heterocycles. The van der Waals surface area contributed by atoms with Crippen LogP contribution in [0.2, 0.25) is 0 Å². The van der Waals surface area contributed by atoms with Crippen LogP contribution in [-0.2, 0) is 10.3 Å². The number of halogens is 2. The van der Waals surface area contributed by atoms with E-state index in [4.69, 9.17) is 10.5 Å². The van der Waals surface area contributed by atoms with E-state index in [0.29, 0.717) is 18.5 Å². The molecule has 102 valence electrons. The number of anilines is 1. The highest BCUT2D eigenvalue weighted by Gasteiger charge is 2.41. The fourth-order valence-corrected chi connectivity index (χ4v) is 2.76. The van der Waals surface area contributed by atoms with Gasteiger partial charge in [0.1, 0.15) is 5.52 Å². The fourth-order valence-electron chi connectivity index (χ4n) is 2.76. The summed E-state index contributed by atoms with van der Waals surface area (Å²) in [6.07, 6.45) is 0.537.